The van der Waals surface area contributed by atoms with Crippen molar-refractivity contribution in [3.05, 3.63) is 35.4 Å². The van der Waals surface area contributed by atoms with Gasteiger partial charge in [0.15, 0.2) is 0 Å². The lowest BCUT2D eigenvalue weighted by Crippen LogP contribution is -2.61. The van der Waals surface area contributed by atoms with E-state index in [1.165, 1.54) is 0 Å². The van der Waals surface area contributed by atoms with Crippen LogP contribution in [0.25, 0.3) is 0 Å². The summed E-state index contributed by atoms with van der Waals surface area (Å²) in [6.45, 7) is 15.4. The number of hydrogen-bond acceptors (Lipinski definition) is 6. The fourth-order valence-electron chi connectivity index (χ4n) is 8.74. The van der Waals surface area contributed by atoms with Crippen LogP contribution >= 0.6 is 0 Å². The number of likely N-dealkylation sites (tertiary alicyclic amines) is 1. The summed E-state index contributed by atoms with van der Waals surface area (Å²) < 4.78 is 0. The molecule has 52 heavy (non-hydrogen) atoms. The lowest BCUT2D eigenvalue weighted by molar-refractivity contribution is -0.144. The molecule has 3 fully saturated rings. The molecule has 2 aliphatic heterocycles. The smallest absolute Gasteiger partial charge is 0.315 e. The van der Waals surface area contributed by atoms with Crippen LogP contribution in [0, 0.1) is 28.6 Å². The van der Waals surface area contributed by atoms with E-state index in [0.29, 0.717) is 44.6 Å². The molecule has 0 aromatic heterocycles. The van der Waals surface area contributed by atoms with Gasteiger partial charge in [-0.15, -0.1) is 0 Å². The highest BCUT2D eigenvalue weighted by Gasteiger charge is 2.69. The average Bonchev–Trinajstić information content (AvgIpc) is 3.38. The normalized spacial score (nSPS) is 23.9. The number of nitrogens with one attached hydrogen (secondary N) is 4. The third-order valence-corrected chi connectivity index (χ3v) is 12.1. The predicted molar refractivity (Wildman–Crippen MR) is 198 cm³/mol. The van der Waals surface area contributed by atoms with Gasteiger partial charge >= 0.3 is 6.03 Å². The number of amides is 6. The van der Waals surface area contributed by atoms with Gasteiger partial charge in [0.05, 0.1) is 12.1 Å². The molecule has 6 atom stereocenters. The van der Waals surface area contributed by atoms with Crippen molar-refractivity contribution in [2.24, 2.45) is 28.6 Å². The number of benzene rings is 1. The summed E-state index contributed by atoms with van der Waals surface area (Å²) >= 11 is 0. The molecule has 1 unspecified atom stereocenters. The van der Waals surface area contributed by atoms with Gasteiger partial charge in [0.25, 0.3) is 11.8 Å². The van der Waals surface area contributed by atoms with E-state index in [2.05, 4.69) is 35.1 Å². The highest BCUT2D eigenvalue weighted by Crippen LogP contribution is 2.65. The fourth-order valence-corrected chi connectivity index (χ4v) is 8.74. The number of ketones is 1. The van der Waals surface area contributed by atoms with Crippen molar-refractivity contribution in [3.8, 4) is 0 Å². The van der Waals surface area contributed by atoms with Crippen LogP contribution in [0.1, 0.15) is 116 Å². The SMILES string of the molecule is CCCCC(NC(=O)[C@@H]1[C@@H]2[C@H](CN1C(=O)[C@@H](NC(=O)N[C@H](CN1Cc3ccccc3C1=O)C(C)(C)C)C1CCCCC1)C2(C)C)C(=O)C(=O)NCC. The summed E-state index contributed by atoms with van der Waals surface area (Å²) in [5.74, 6) is -2.29. The Hall–Kier alpha value is -3.96. The Balaban J connectivity index is 1.34. The maximum absolute atomic E-state index is 14.7. The van der Waals surface area contributed by atoms with Crippen molar-refractivity contribution in [1.29, 1.82) is 0 Å². The zero-order chi connectivity index (χ0) is 38.0. The molecule has 0 spiro atoms. The van der Waals surface area contributed by atoms with Crippen molar-refractivity contribution >= 4 is 35.4 Å². The van der Waals surface area contributed by atoms with E-state index in [-0.39, 0.29) is 35.0 Å². The number of piperidine rings is 1. The Kier molecular flexibility index (Phi) is 12.0. The van der Waals surface area contributed by atoms with Crippen LogP contribution in [0.2, 0.25) is 0 Å². The lowest BCUT2D eigenvalue weighted by Gasteiger charge is -2.38. The molecular formula is C40H60N6O6. The maximum Gasteiger partial charge on any atom is 0.315 e. The van der Waals surface area contributed by atoms with E-state index in [4.69, 9.17) is 0 Å². The molecule has 4 N–H and O–H groups in total. The van der Waals surface area contributed by atoms with Gasteiger partial charge in [-0.1, -0.05) is 91.8 Å². The summed E-state index contributed by atoms with van der Waals surface area (Å²) in [5.41, 5.74) is 1.07. The molecular weight excluding hydrogens is 660 g/mol. The van der Waals surface area contributed by atoms with Crippen LogP contribution in [0.3, 0.4) is 0 Å². The second-order valence-electron chi connectivity index (χ2n) is 17.1. The molecule has 1 saturated heterocycles. The topological polar surface area (TPSA) is 157 Å². The number of carbonyl (C=O) groups is 6. The molecule has 12 nitrogen and oxygen atoms in total. The monoisotopic (exact) mass is 720 g/mol. The number of likely N-dealkylation sites (N-methyl/N-ethyl adjacent to an activating group) is 1. The first kappa shape index (κ1) is 39.3. The molecule has 4 aliphatic rings. The van der Waals surface area contributed by atoms with Gasteiger partial charge < -0.3 is 31.1 Å². The number of carbonyl (C=O) groups excluding carboxylic acids is 6. The van der Waals surface area contributed by atoms with E-state index in [1.807, 2.05) is 52.0 Å². The van der Waals surface area contributed by atoms with Crippen molar-refractivity contribution < 1.29 is 28.8 Å². The van der Waals surface area contributed by atoms with Crippen LogP contribution in [0.15, 0.2) is 24.3 Å². The fraction of sp³-hybridized carbons (Fsp3) is 0.700. The Morgan fingerprint density at radius 3 is 2.29 bits per heavy atom. The zero-order valence-corrected chi connectivity index (χ0v) is 32.2. The highest BCUT2D eigenvalue weighted by atomic mass is 16.2. The minimum absolute atomic E-state index is 0.0632. The number of rotatable bonds is 14. The van der Waals surface area contributed by atoms with E-state index >= 15 is 0 Å². The molecule has 0 bridgehead atoms. The second-order valence-corrected chi connectivity index (χ2v) is 17.1. The Morgan fingerprint density at radius 1 is 0.962 bits per heavy atom. The predicted octanol–water partition coefficient (Wildman–Crippen LogP) is 4.17. The zero-order valence-electron chi connectivity index (χ0n) is 32.2. The Labute approximate surface area is 309 Å². The van der Waals surface area contributed by atoms with E-state index in [1.54, 1.807) is 16.7 Å². The van der Waals surface area contributed by atoms with Crippen LogP contribution in [-0.4, -0.2) is 89.0 Å². The molecule has 6 amide bonds. The van der Waals surface area contributed by atoms with Crippen LogP contribution in [0.5, 0.6) is 0 Å². The number of fused-ring (bicyclic) bond motifs is 2. The molecule has 12 heteroatoms. The van der Waals surface area contributed by atoms with Gasteiger partial charge in [-0.2, -0.15) is 0 Å². The second kappa shape index (κ2) is 16.0. The quantitative estimate of drug-likeness (QED) is 0.212. The van der Waals surface area contributed by atoms with E-state index < -0.39 is 53.2 Å². The number of Topliss-reactive ketones (excluding diaryl/α,β-unsaturated/α-hetero) is 1. The lowest BCUT2D eigenvalue weighted by atomic mass is 9.83. The largest absolute Gasteiger partial charge is 0.350 e. The van der Waals surface area contributed by atoms with Gasteiger partial charge in [0.1, 0.15) is 12.1 Å². The van der Waals surface area contributed by atoms with Crippen LogP contribution in [0.4, 0.5) is 4.79 Å². The van der Waals surface area contributed by atoms with Crippen LogP contribution < -0.4 is 21.3 Å². The molecule has 1 aromatic rings. The highest BCUT2D eigenvalue weighted by molar-refractivity contribution is 6.38. The third kappa shape index (κ3) is 8.31. The van der Waals surface area contributed by atoms with Gasteiger partial charge in [-0.05, 0) is 66.4 Å². The molecule has 2 heterocycles. The molecule has 2 saturated carbocycles. The van der Waals surface area contributed by atoms with E-state index in [0.717, 1.165) is 44.1 Å². The Bertz CT molecular complexity index is 1530. The summed E-state index contributed by atoms with van der Waals surface area (Å²) in [6, 6.07) is 4.00. The summed E-state index contributed by atoms with van der Waals surface area (Å²) in [5, 5.41) is 11.6. The first-order valence-electron chi connectivity index (χ1n) is 19.5. The maximum atomic E-state index is 14.7. The minimum Gasteiger partial charge on any atom is -0.350 e. The number of nitrogens with zero attached hydrogens (tertiary/aromatic N) is 2. The Morgan fingerprint density at radius 2 is 1.65 bits per heavy atom. The first-order valence-corrected chi connectivity index (χ1v) is 19.5. The number of hydrogen-bond donors (Lipinski definition) is 4. The molecule has 1 aromatic carbocycles. The van der Waals surface area contributed by atoms with Gasteiger partial charge in [0, 0.05) is 31.7 Å². The van der Waals surface area contributed by atoms with Gasteiger partial charge in [-0.3, -0.25) is 24.0 Å². The van der Waals surface area contributed by atoms with Crippen molar-refractivity contribution in [2.75, 3.05) is 19.6 Å². The summed E-state index contributed by atoms with van der Waals surface area (Å²) in [4.78, 5) is 85.1. The molecule has 0 radical (unpaired) electrons. The summed E-state index contributed by atoms with van der Waals surface area (Å²) in [7, 11) is 0. The minimum atomic E-state index is -0.987. The summed E-state index contributed by atoms with van der Waals surface area (Å²) in [6.07, 6.45) is 6.28. The number of unbranched alkanes of at least 4 members (excludes halogenated alkanes) is 1. The van der Waals surface area contributed by atoms with E-state index in [9.17, 15) is 28.8 Å². The van der Waals surface area contributed by atoms with Crippen LogP contribution in [-0.2, 0) is 25.7 Å². The van der Waals surface area contributed by atoms with Crippen molar-refractivity contribution in [2.45, 2.75) is 131 Å². The molecule has 5 rings (SSSR count). The van der Waals surface area contributed by atoms with Crippen molar-refractivity contribution in [1.82, 2.24) is 31.1 Å². The average molecular weight is 721 g/mol. The number of urea groups is 1. The molecule has 286 valence electrons. The van der Waals surface area contributed by atoms with Gasteiger partial charge in [0.2, 0.25) is 17.6 Å². The van der Waals surface area contributed by atoms with Gasteiger partial charge in [-0.25, -0.2) is 4.79 Å². The standard InChI is InChI=1S/C40H60N6O6/c1-8-10-20-28(33(47)35(49)41-9-2)42-34(48)32-30-27(40(30,6)7)22-46(32)37(51)31(24-16-12-11-13-17-24)44-38(52)43-29(39(3,4)5)23-45-21-25-18-14-15-19-26(25)36(45)50/h14-15,18-19,24,27-32H,8-13,16-17,20-23H2,1-7H3,(H,41,49)(H,42,48)(H2,43,44,52)/t27-,28?,29+,30-,31-,32-/m0/s1. The molecule has 2 aliphatic carbocycles. The third-order valence-electron chi connectivity index (χ3n) is 12.1. The first-order chi connectivity index (χ1) is 24.6. The van der Waals surface area contributed by atoms with Crippen molar-refractivity contribution in [3.63, 3.8) is 0 Å².